The Bertz CT molecular complexity index is 959. The van der Waals surface area contributed by atoms with E-state index in [-0.39, 0.29) is 5.91 Å². The molecule has 5 heteroatoms. The second-order valence-corrected chi connectivity index (χ2v) is 7.82. The van der Waals surface area contributed by atoms with E-state index in [0.29, 0.717) is 18.7 Å². The Morgan fingerprint density at radius 1 is 1.07 bits per heavy atom. The molecule has 4 N–H and O–H groups in total. The van der Waals surface area contributed by atoms with Crippen molar-refractivity contribution in [3.63, 3.8) is 0 Å². The molecule has 0 saturated carbocycles. The molecule has 0 radical (unpaired) electrons. The summed E-state index contributed by atoms with van der Waals surface area (Å²) in [6, 6.07) is 14.4. The lowest BCUT2D eigenvalue weighted by molar-refractivity contribution is 0.0950. The second kappa shape index (κ2) is 9.72. The number of aromatic amines is 1. The van der Waals surface area contributed by atoms with Gasteiger partial charge in [0.05, 0.1) is 0 Å². The Morgan fingerprint density at radius 3 is 2.52 bits per heavy atom. The van der Waals surface area contributed by atoms with Gasteiger partial charge in [0.15, 0.2) is 0 Å². The van der Waals surface area contributed by atoms with E-state index in [1.165, 1.54) is 16.7 Å². The topological polar surface area (TPSA) is 74.2 Å². The number of carbonyl (C=O) groups is 1. The van der Waals surface area contributed by atoms with Gasteiger partial charge in [-0.2, -0.15) is 0 Å². The summed E-state index contributed by atoms with van der Waals surface area (Å²) < 4.78 is 0. The van der Waals surface area contributed by atoms with Crippen molar-refractivity contribution in [2.24, 2.45) is 5.73 Å². The number of nitrogens with zero attached hydrogens (tertiary/aromatic N) is 1. The van der Waals surface area contributed by atoms with Crippen LogP contribution >= 0.6 is 0 Å². The van der Waals surface area contributed by atoms with Crippen molar-refractivity contribution in [3.05, 3.63) is 70.4 Å². The summed E-state index contributed by atoms with van der Waals surface area (Å²) in [5.74, 6) is -0.0152. The first-order chi connectivity index (χ1) is 14.0. The number of hydrogen-bond donors (Lipinski definition) is 3. The highest BCUT2D eigenvalue weighted by Crippen LogP contribution is 2.22. The lowest BCUT2D eigenvalue weighted by Gasteiger charge is -2.17. The highest BCUT2D eigenvalue weighted by atomic mass is 16.1. The molecule has 2 aromatic carbocycles. The van der Waals surface area contributed by atoms with Gasteiger partial charge in [0.25, 0.3) is 5.91 Å². The molecule has 154 valence electrons. The zero-order valence-corrected chi connectivity index (χ0v) is 17.7. The zero-order valence-electron chi connectivity index (χ0n) is 17.7. The Hall–Kier alpha value is -2.63. The smallest absolute Gasteiger partial charge is 0.251 e. The molecular weight excluding hydrogens is 360 g/mol. The maximum absolute atomic E-state index is 12.5. The average molecular weight is 393 g/mol. The summed E-state index contributed by atoms with van der Waals surface area (Å²) in [6.45, 7) is 7.21. The summed E-state index contributed by atoms with van der Waals surface area (Å²) in [5.41, 5.74) is 12.3. The van der Waals surface area contributed by atoms with E-state index in [2.05, 4.69) is 60.4 Å². The quantitative estimate of drug-likeness (QED) is 0.521. The number of nitrogens with one attached hydrogen (secondary N) is 2. The van der Waals surface area contributed by atoms with E-state index in [1.807, 2.05) is 18.2 Å². The van der Waals surface area contributed by atoms with Crippen LogP contribution in [0.4, 0.5) is 0 Å². The number of H-pyrrole nitrogens is 1. The minimum absolute atomic E-state index is 0.0152. The van der Waals surface area contributed by atoms with E-state index < -0.39 is 0 Å². The number of rotatable bonds is 9. The van der Waals surface area contributed by atoms with Crippen LogP contribution in [-0.4, -0.2) is 42.5 Å². The molecule has 0 atom stereocenters. The lowest BCUT2D eigenvalue weighted by Crippen LogP contribution is -2.33. The van der Waals surface area contributed by atoms with E-state index in [4.69, 9.17) is 5.73 Å². The molecule has 3 aromatic rings. The molecule has 1 heterocycles. The Labute approximate surface area is 173 Å². The van der Waals surface area contributed by atoms with Crippen LogP contribution < -0.4 is 11.1 Å². The molecule has 0 bridgehead atoms. The lowest BCUT2D eigenvalue weighted by atomic mass is 10.1. The summed E-state index contributed by atoms with van der Waals surface area (Å²) in [5, 5.41) is 4.16. The average Bonchev–Trinajstić information content (AvgIpc) is 3.01. The molecule has 0 aliphatic heterocycles. The molecule has 0 saturated heterocycles. The van der Waals surface area contributed by atoms with Gasteiger partial charge in [0.2, 0.25) is 0 Å². The monoisotopic (exact) mass is 392 g/mol. The first kappa shape index (κ1) is 21.1. The highest BCUT2D eigenvalue weighted by Gasteiger charge is 2.10. The van der Waals surface area contributed by atoms with Gasteiger partial charge in [-0.25, -0.2) is 0 Å². The van der Waals surface area contributed by atoms with Crippen LogP contribution in [0.1, 0.15) is 39.2 Å². The van der Waals surface area contributed by atoms with E-state index >= 15 is 0 Å². The van der Waals surface area contributed by atoms with Crippen LogP contribution in [0, 0.1) is 13.8 Å². The van der Waals surface area contributed by atoms with Crippen molar-refractivity contribution in [2.75, 3.05) is 26.7 Å². The molecule has 3 rings (SSSR count). The first-order valence-corrected chi connectivity index (χ1v) is 10.3. The number of likely N-dealkylation sites (N-methyl/N-ethyl adjacent to an activating group) is 1. The van der Waals surface area contributed by atoms with Crippen molar-refractivity contribution < 1.29 is 4.79 Å². The Kier molecular flexibility index (Phi) is 7.07. The normalized spacial score (nSPS) is 11.3. The van der Waals surface area contributed by atoms with E-state index in [1.54, 1.807) is 0 Å². The predicted octanol–water partition coefficient (Wildman–Crippen LogP) is 3.54. The molecule has 0 unspecified atom stereocenters. The molecule has 0 fully saturated rings. The minimum atomic E-state index is -0.0152. The first-order valence-electron chi connectivity index (χ1n) is 10.3. The van der Waals surface area contributed by atoms with Gasteiger partial charge in [-0.05, 0) is 75.2 Å². The predicted molar refractivity (Wildman–Crippen MR) is 120 cm³/mol. The molecule has 0 aliphatic carbocycles. The molecule has 0 spiro atoms. The van der Waals surface area contributed by atoms with Crippen molar-refractivity contribution in [1.29, 1.82) is 0 Å². The maximum Gasteiger partial charge on any atom is 0.251 e. The Morgan fingerprint density at radius 2 is 1.79 bits per heavy atom. The van der Waals surface area contributed by atoms with Crippen molar-refractivity contribution >= 4 is 16.8 Å². The maximum atomic E-state index is 12.5. The van der Waals surface area contributed by atoms with Crippen LogP contribution in [0.5, 0.6) is 0 Å². The molecule has 5 nitrogen and oxygen atoms in total. The number of fused-ring (bicyclic) bond motifs is 1. The fraction of sp³-hybridized carbons (Fsp3) is 0.375. The van der Waals surface area contributed by atoms with Gasteiger partial charge >= 0.3 is 0 Å². The number of aromatic nitrogens is 1. The van der Waals surface area contributed by atoms with Crippen LogP contribution in [-0.2, 0) is 13.0 Å². The number of benzene rings is 2. The third kappa shape index (κ3) is 5.46. The third-order valence-electron chi connectivity index (χ3n) is 5.61. The van der Waals surface area contributed by atoms with Gasteiger partial charge < -0.3 is 20.9 Å². The van der Waals surface area contributed by atoms with Crippen molar-refractivity contribution in [3.8, 4) is 0 Å². The molecular formula is C24H32N4O. The minimum Gasteiger partial charge on any atom is -0.358 e. The van der Waals surface area contributed by atoms with E-state index in [9.17, 15) is 4.79 Å². The fourth-order valence-corrected chi connectivity index (χ4v) is 3.57. The Balaban J connectivity index is 1.40. The molecule has 1 aromatic heterocycles. The summed E-state index contributed by atoms with van der Waals surface area (Å²) in [7, 11) is 2.10. The third-order valence-corrected chi connectivity index (χ3v) is 5.61. The second-order valence-electron chi connectivity index (χ2n) is 7.82. The highest BCUT2D eigenvalue weighted by molar-refractivity contribution is 5.99. The number of amides is 1. The summed E-state index contributed by atoms with van der Waals surface area (Å²) >= 11 is 0. The van der Waals surface area contributed by atoms with Gasteiger partial charge in [-0.15, -0.1) is 0 Å². The number of hydrogen-bond acceptors (Lipinski definition) is 3. The van der Waals surface area contributed by atoms with Gasteiger partial charge in [0.1, 0.15) is 0 Å². The molecule has 0 aliphatic rings. The number of aryl methyl sites for hydroxylation is 3. The summed E-state index contributed by atoms with van der Waals surface area (Å²) in [6.07, 6.45) is 2.15. The SMILES string of the molecule is Cc1[nH]c2ccc(C(=O)NCCN(C)CCCc3ccc(CN)cc3)cc2c1C. The standard InChI is InChI=1S/C24H32N4O/c1-17-18(2)27-23-11-10-21(15-22(17)23)24(29)26-12-14-28(3)13-4-5-19-6-8-20(16-25)9-7-19/h6-11,15,27H,4-5,12-14,16,25H2,1-3H3,(H,26,29). The summed E-state index contributed by atoms with van der Waals surface area (Å²) in [4.78, 5) is 18.1. The van der Waals surface area contributed by atoms with Crippen LogP contribution in [0.2, 0.25) is 0 Å². The van der Waals surface area contributed by atoms with Crippen LogP contribution in [0.25, 0.3) is 10.9 Å². The number of nitrogens with two attached hydrogens (primary N) is 1. The van der Waals surface area contributed by atoms with Gasteiger partial charge in [-0.3, -0.25) is 4.79 Å². The van der Waals surface area contributed by atoms with Crippen LogP contribution in [0.15, 0.2) is 42.5 Å². The van der Waals surface area contributed by atoms with Crippen LogP contribution in [0.3, 0.4) is 0 Å². The van der Waals surface area contributed by atoms with E-state index in [0.717, 1.165) is 42.5 Å². The fourth-order valence-electron chi connectivity index (χ4n) is 3.57. The van der Waals surface area contributed by atoms with Gasteiger partial charge in [-0.1, -0.05) is 24.3 Å². The number of carbonyl (C=O) groups excluding carboxylic acids is 1. The van der Waals surface area contributed by atoms with Gasteiger partial charge in [0, 0.05) is 41.8 Å². The largest absolute Gasteiger partial charge is 0.358 e. The van der Waals surface area contributed by atoms with Crippen molar-refractivity contribution in [2.45, 2.75) is 33.2 Å². The molecule has 29 heavy (non-hydrogen) atoms. The van der Waals surface area contributed by atoms with Crippen molar-refractivity contribution in [1.82, 2.24) is 15.2 Å². The zero-order chi connectivity index (χ0) is 20.8. The molecule has 1 amide bonds.